The van der Waals surface area contributed by atoms with Crippen LogP contribution < -0.4 is 0 Å². The van der Waals surface area contributed by atoms with Crippen LogP contribution in [-0.4, -0.2) is 24.5 Å². The maximum atomic E-state index is 2.61. The Bertz CT molecular complexity index is 132. The fourth-order valence-corrected chi connectivity index (χ4v) is 2.58. The summed E-state index contributed by atoms with van der Waals surface area (Å²) in [4.78, 5) is 2.61. The van der Waals surface area contributed by atoms with Gasteiger partial charge >= 0.3 is 0 Å². The Kier molecular flexibility index (Phi) is 1.31. The van der Waals surface area contributed by atoms with Crippen LogP contribution in [0, 0.1) is 11.3 Å². The number of fused-ring (bicyclic) bond motifs is 3. The third kappa shape index (κ3) is 0.878. The number of rotatable bonds is 0. The van der Waals surface area contributed by atoms with Gasteiger partial charge in [-0.2, -0.15) is 0 Å². The molecule has 0 N–H and O–H groups in total. The van der Waals surface area contributed by atoms with Crippen LogP contribution in [0.4, 0.5) is 0 Å². The summed E-state index contributed by atoms with van der Waals surface area (Å²) in [7, 11) is 0. The molecule has 0 radical (unpaired) electrons. The Hall–Kier alpha value is -0.0400. The van der Waals surface area contributed by atoms with Crippen molar-refractivity contribution in [3.05, 3.63) is 0 Å². The third-order valence-corrected chi connectivity index (χ3v) is 3.32. The lowest BCUT2D eigenvalue weighted by atomic mass is 9.69. The van der Waals surface area contributed by atoms with E-state index in [0.29, 0.717) is 5.41 Å². The summed E-state index contributed by atoms with van der Waals surface area (Å²) in [6.45, 7) is 8.92. The van der Waals surface area contributed by atoms with E-state index >= 15 is 0 Å². The average molecular weight is 139 g/mol. The minimum Gasteiger partial charge on any atom is -0.303 e. The molecule has 0 spiro atoms. The third-order valence-electron chi connectivity index (χ3n) is 3.32. The van der Waals surface area contributed by atoms with Gasteiger partial charge in [-0.05, 0) is 37.3 Å². The lowest BCUT2D eigenvalue weighted by Gasteiger charge is -2.50. The van der Waals surface area contributed by atoms with Crippen molar-refractivity contribution in [1.82, 2.24) is 4.90 Å². The molecule has 3 rings (SSSR count). The Morgan fingerprint density at radius 3 is 2.00 bits per heavy atom. The number of nitrogens with zero attached hydrogens (tertiary/aromatic N) is 1. The van der Waals surface area contributed by atoms with Gasteiger partial charge in [-0.25, -0.2) is 0 Å². The second kappa shape index (κ2) is 1.97. The Morgan fingerprint density at radius 2 is 1.80 bits per heavy atom. The van der Waals surface area contributed by atoms with Crippen molar-refractivity contribution in [1.29, 1.82) is 0 Å². The van der Waals surface area contributed by atoms with E-state index in [9.17, 15) is 0 Å². The van der Waals surface area contributed by atoms with Crippen LogP contribution in [0.2, 0.25) is 0 Å². The van der Waals surface area contributed by atoms with E-state index in [2.05, 4.69) is 18.7 Å². The average Bonchev–Trinajstić information content (AvgIpc) is 1.87. The van der Waals surface area contributed by atoms with Gasteiger partial charge in [0, 0.05) is 6.54 Å². The highest BCUT2D eigenvalue weighted by atomic mass is 15.2. The predicted octanol–water partition coefficient (Wildman–Crippen LogP) is 1.74. The number of hydrogen-bond donors (Lipinski definition) is 0. The minimum absolute atomic E-state index is 0.622. The van der Waals surface area contributed by atoms with Crippen LogP contribution in [-0.2, 0) is 0 Å². The van der Waals surface area contributed by atoms with E-state index < -0.39 is 0 Å². The minimum atomic E-state index is 0.622. The SMILES string of the molecule is CC1(C)CN2CCC1CC2. The van der Waals surface area contributed by atoms with E-state index in [0.717, 1.165) is 5.92 Å². The molecule has 0 saturated carbocycles. The standard InChI is InChI=1S/C9H17N/c1-9(2)7-10-5-3-8(9)4-6-10/h8H,3-7H2,1-2H3. The summed E-state index contributed by atoms with van der Waals surface area (Å²) in [6.07, 6.45) is 2.90. The van der Waals surface area contributed by atoms with E-state index in [-0.39, 0.29) is 0 Å². The van der Waals surface area contributed by atoms with E-state index in [1.54, 1.807) is 0 Å². The van der Waals surface area contributed by atoms with Crippen molar-refractivity contribution in [3.8, 4) is 0 Å². The quantitative estimate of drug-likeness (QED) is 0.494. The van der Waals surface area contributed by atoms with Crippen molar-refractivity contribution >= 4 is 0 Å². The lowest BCUT2D eigenvalue weighted by molar-refractivity contribution is -0.00432. The van der Waals surface area contributed by atoms with E-state index in [4.69, 9.17) is 0 Å². The molecule has 0 aliphatic carbocycles. The Morgan fingerprint density at radius 1 is 1.20 bits per heavy atom. The monoisotopic (exact) mass is 139 g/mol. The van der Waals surface area contributed by atoms with Gasteiger partial charge in [-0.15, -0.1) is 0 Å². The highest BCUT2D eigenvalue weighted by Gasteiger charge is 2.39. The summed E-state index contributed by atoms with van der Waals surface area (Å²) in [5.74, 6) is 1.03. The second-order valence-corrected chi connectivity index (χ2v) is 4.54. The summed E-state index contributed by atoms with van der Waals surface area (Å²) >= 11 is 0. The van der Waals surface area contributed by atoms with Gasteiger partial charge in [0.2, 0.25) is 0 Å². The van der Waals surface area contributed by atoms with Crippen LogP contribution in [0.5, 0.6) is 0 Å². The maximum absolute atomic E-state index is 2.61. The van der Waals surface area contributed by atoms with Gasteiger partial charge in [-0.3, -0.25) is 0 Å². The van der Waals surface area contributed by atoms with Gasteiger partial charge < -0.3 is 4.90 Å². The predicted molar refractivity (Wildman–Crippen MR) is 42.9 cm³/mol. The first kappa shape index (κ1) is 6.66. The Balaban J connectivity index is 2.15. The first-order chi connectivity index (χ1) is 4.68. The molecule has 10 heavy (non-hydrogen) atoms. The number of piperidine rings is 3. The van der Waals surface area contributed by atoms with Gasteiger partial charge in [0.25, 0.3) is 0 Å². The van der Waals surface area contributed by atoms with Crippen LogP contribution in [0.25, 0.3) is 0 Å². The van der Waals surface area contributed by atoms with Crippen LogP contribution in [0.1, 0.15) is 26.7 Å². The zero-order valence-corrected chi connectivity index (χ0v) is 7.06. The van der Waals surface area contributed by atoms with Crippen molar-refractivity contribution < 1.29 is 0 Å². The summed E-state index contributed by atoms with van der Waals surface area (Å²) in [6, 6.07) is 0. The van der Waals surface area contributed by atoms with Crippen LogP contribution >= 0.6 is 0 Å². The molecule has 3 aliphatic rings. The van der Waals surface area contributed by atoms with Crippen LogP contribution in [0.3, 0.4) is 0 Å². The van der Waals surface area contributed by atoms with Crippen molar-refractivity contribution in [2.45, 2.75) is 26.7 Å². The largest absolute Gasteiger partial charge is 0.303 e. The molecule has 2 bridgehead atoms. The summed E-state index contributed by atoms with van der Waals surface area (Å²) in [5.41, 5.74) is 0.622. The highest BCUT2D eigenvalue weighted by Crippen LogP contribution is 2.40. The normalized spacial score (nSPS) is 43.8. The zero-order chi connectivity index (χ0) is 7.19. The first-order valence-electron chi connectivity index (χ1n) is 4.41. The topological polar surface area (TPSA) is 3.24 Å². The molecule has 3 heterocycles. The smallest absolute Gasteiger partial charge is 0.00354 e. The van der Waals surface area contributed by atoms with Gasteiger partial charge in [-0.1, -0.05) is 13.8 Å². The maximum Gasteiger partial charge on any atom is 0.00354 e. The zero-order valence-electron chi connectivity index (χ0n) is 7.06. The molecule has 0 aromatic rings. The van der Waals surface area contributed by atoms with E-state index in [1.165, 1.54) is 32.5 Å². The molecule has 0 aromatic heterocycles. The van der Waals surface area contributed by atoms with Gasteiger partial charge in [0.05, 0.1) is 0 Å². The van der Waals surface area contributed by atoms with Gasteiger partial charge in [0.1, 0.15) is 0 Å². The number of hydrogen-bond acceptors (Lipinski definition) is 1. The molecular formula is C9H17N. The first-order valence-corrected chi connectivity index (χ1v) is 4.41. The molecule has 0 unspecified atom stereocenters. The molecule has 0 atom stereocenters. The molecule has 1 heteroatoms. The molecule has 0 aromatic carbocycles. The highest BCUT2D eigenvalue weighted by molar-refractivity contribution is 4.91. The summed E-state index contributed by atoms with van der Waals surface area (Å²) < 4.78 is 0. The summed E-state index contributed by atoms with van der Waals surface area (Å²) in [5, 5.41) is 0. The Labute approximate surface area is 63.4 Å². The molecule has 0 amide bonds. The fourth-order valence-electron chi connectivity index (χ4n) is 2.58. The molecule has 1 nitrogen and oxygen atoms in total. The van der Waals surface area contributed by atoms with Gasteiger partial charge in [0.15, 0.2) is 0 Å². The fraction of sp³-hybridized carbons (Fsp3) is 1.00. The molecule has 3 fully saturated rings. The van der Waals surface area contributed by atoms with Crippen molar-refractivity contribution in [2.75, 3.05) is 19.6 Å². The van der Waals surface area contributed by atoms with Crippen molar-refractivity contribution in [3.63, 3.8) is 0 Å². The van der Waals surface area contributed by atoms with Crippen molar-refractivity contribution in [2.24, 2.45) is 11.3 Å². The molecule has 3 aliphatic heterocycles. The molecule has 58 valence electrons. The second-order valence-electron chi connectivity index (χ2n) is 4.54. The molecule has 3 saturated heterocycles. The lowest BCUT2D eigenvalue weighted by Crippen LogP contribution is -2.51. The molecular weight excluding hydrogens is 122 g/mol. The van der Waals surface area contributed by atoms with E-state index in [1.807, 2.05) is 0 Å². The van der Waals surface area contributed by atoms with Crippen LogP contribution in [0.15, 0.2) is 0 Å².